The van der Waals surface area contributed by atoms with Gasteiger partial charge in [0, 0.05) is 19.3 Å². The molecule has 0 rings (SSSR count). The van der Waals surface area contributed by atoms with Gasteiger partial charge in [0.1, 0.15) is 13.2 Å². The second-order valence-electron chi connectivity index (χ2n) is 21.9. The highest BCUT2D eigenvalue weighted by Gasteiger charge is 2.19. The maximum absolute atomic E-state index is 12.9. The van der Waals surface area contributed by atoms with Crippen LogP contribution in [0.15, 0.2) is 0 Å². The summed E-state index contributed by atoms with van der Waals surface area (Å²) in [6, 6.07) is 0. The molecule has 2 atom stereocenters. The standard InChI is InChI=1S/C63H122O6/c1-5-8-10-12-14-16-18-20-22-23-24-25-26-31-35-39-43-47-51-55-62(65)68-58-60(57-67-61(64)54-50-46-42-38-34-30-21-19-17-15-13-11-9-6-2)69-63(66)56-52-48-44-40-36-32-28-27-29-33-37-41-45-49-53-59(4)7-3/h59-60H,5-58H2,1-4H3/t59?,60-/m0/s1. The van der Waals surface area contributed by atoms with Gasteiger partial charge in [-0.05, 0) is 25.2 Å². The van der Waals surface area contributed by atoms with Crippen molar-refractivity contribution < 1.29 is 28.6 Å². The molecule has 0 aromatic rings. The van der Waals surface area contributed by atoms with Crippen LogP contribution in [-0.4, -0.2) is 37.2 Å². The van der Waals surface area contributed by atoms with Crippen LogP contribution in [-0.2, 0) is 28.6 Å². The molecule has 0 saturated heterocycles. The zero-order chi connectivity index (χ0) is 50.2. The van der Waals surface area contributed by atoms with E-state index < -0.39 is 6.10 Å². The maximum Gasteiger partial charge on any atom is 0.306 e. The monoisotopic (exact) mass is 975 g/mol. The molecule has 0 aliphatic rings. The molecular formula is C63H122O6. The first-order chi connectivity index (χ1) is 33.9. The molecule has 6 heteroatoms. The lowest BCUT2D eigenvalue weighted by atomic mass is 9.99. The molecular weight excluding hydrogens is 853 g/mol. The third kappa shape index (κ3) is 55.6. The van der Waals surface area contributed by atoms with Crippen LogP contribution < -0.4 is 0 Å². The molecule has 0 heterocycles. The highest BCUT2D eigenvalue weighted by atomic mass is 16.6. The van der Waals surface area contributed by atoms with E-state index in [1.807, 2.05) is 0 Å². The summed E-state index contributed by atoms with van der Waals surface area (Å²) in [5.41, 5.74) is 0. The van der Waals surface area contributed by atoms with Crippen LogP contribution in [0.4, 0.5) is 0 Å². The predicted octanol–water partition coefficient (Wildman–Crippen LogP) is 21.0. The van der Waals surface area contributed by atoms with Gasteiger partial charge in [-0.1, -0.05) is 323 Å². The summed E-state index contributed by atoms with van der Waals surface area (Å²) in [5, 5.41) is 0. The van der Waals surface area contributed by atoms with Crippen molar-refractivity contribution in [2.45, 2.75) is 368 Å². The van der Waals surface area contributed by atoms with E-state index in [0.29, 0.717) is 19.3 Å². The Bertz CT molecular complexity index is 1040. The Morgan fingerprint density at radius 2 is 0.507 bits per heavy atom. The molecule has 0 N–H and O–H groups in total. The summed E-state index contributed by atoms with van der Waals surface area (Å²) in [6.07, 6.45) is 63.8. The first-order valence-electron chi connectivity index (χ1n) is 31.4. The van der Waals surface area contributed by atoms with E-state index in [1.54, 1.807) is 0 Å². The average molecular weight is 976 g/mol. The number of carbonyl (C=O) groups is 3. The minimum absolute atomic E-state index is 0.0613. The summed E-state index contributed by atoms with van der Waals surface area (Å²) in [5.74, 6) is 0.0653. The van der Waals surface area contributed by atoms with Crippen LogP contribution in [0, 0.1) is 5.92 Å². The lowest BCUT2D eigenvalue weighted by molar-refractivity contribution is -0.167. The van der Waals surface area contributed by atoms with Crippen LogP contribution in [0.5, 0.6) is 0 Å². The van der Waals surface area contributed by atoms with Crippen molar-refractivity contribution in [2.24, 2.45) is 5.92 Å². The van der Waals surface area contributed by atoms with Crippen molar-refractivity contribution in [1.29, 1.82) is 0 Å². The minimum atomic E-state index is -0.763. The molecule has 6 nitrogen and oxygen atoms in total. The molecule has 0 aliphatic heterocycles. The average Bonchev–Trinajstić information content (AvgIpc) is 3.35. The predicted molar refractivity (Wildman–Crippen MR) is 298 cm³/mol. The second-order valence-corrected chi connectivity index (χ2v) is 21.9. The normalized spacial score (nSPS) is 12.3. The van der Waals surface area contributed by atoms with Crippen molar-refractivity contribution >= 4 is 17.9 Å². The molecule has 1 unspecified atom stereocenters. The second kappa shape index (κ2) is 57.3. The minimum Gasteiger partial charge on any atom is -0.462 e. The van der Waals surface area contributed by atoms with Gasteiger partial charge in [-0.15, -0.1) is 0 Å². The Morgan fingerprint density at radius 1 is 0.290 bits per heavy atom. The van der Waals surface area contributed by atoms with Gasteiger partial charge in [0.15, 0.2) is 6.10 Å². The lowest BCUT2D eigenvalue weighted by Gasteiger charge is -2.18. The zero-order valence-corrected chi connectivity index (χ0v) is 47.3. The molecule has 0 aliphatic carbocycles. The fourth-order valence-corrected chi connectivity index (χ4v) is 9.78. The Morgan fingerprint density at radius 3 is 0.754 bits per heavy atom. The van der Waals surface area contributed by atoms with E-state index in [-0.39, 0.29) is 31.1 Å². The fourth-order valence-electron chi connectivity index (χ4n) is 9.78. The van der Waals surface area contributed by atoms with E-state index in [4.69, 9.17) is 14.2 Å². The van der Waals surface area contributed by atoms with Gasteiger partial charge in [0.05, 0.1) is 0 Å². The van der Waals surface area contributed by atoms with Gasteiger partial charge < -0.3 is 14.2 Å². The Kier molecular flexibility index (Phi) is 56.0. The molecule has 0 fully saturated rings. The van der Waals surface area contributed by atoms with Gasteiger partial charge in [-0.25, -0.2) is 0 Å². The Balaban J connectivity index is 4.28. The smallest absolute Gasteiger partial charge is 0.306 e. The molecule has 0 radical (unpaired) electrons. The summed E-state index contributed by atoms with van der Waals surface area (Å²) in [6.45, 7) is 9.12. The third-order valence-electron chi connectivity index (χ3n) is 14.9. The number of esters is 3. The highest BCUT2D eigenvalue weighted by molar-refractivity contribution is 5.71. The number of rotatable bonds is 58. The molecule has 0 amide bonds. The molecule has 0 bridgehead atoms. The molecule has 0 aromatic heterocycles. The Hall–Kier alpha value is -1.59. The van der Waals surface area contributed by atoms with Gasteiger partial charge in [-0.2, -0.15) is 0 Å². The molecule has 0 spiro atoms. The van der Waals surface area contributed by atoms with Gasteiger partial charge in [0.2, 0.25) is 0 Å². The molecule has 69 heavy (non-hydrogen) atoms. The van der Waals surface area contributed by atoms with Crippen LogP contribution >= 0.6 is 0 Å². The SMILES string of the molecule is CCCCCCCCCCCCCCCCCCCCCC(=O)OC[C@H](COC(=O)CCCCCCCCCCCCCCCC)OC(=O)CCCCCCCCCCCCCCCCC(C)CC. The number of hydrogen-bond donors (Lipinski definition) is 0. The maximum atomic E-state index is 12.9. The summed E-state index contributed by atoms with van der Waals surface area (Å²) in [7, 11) is 0. The third-order valence-corrected chi connectivity index (χ3v) is 14.9. The van der Waals surface area contributed by atoms with Crippen LogP contribution in [0.2, 0.25) is 0 Å². The van der Waals surface area contributed by atoms with E-state index >= 15 is 0 Å². The first-order valence-corrected chi connectivity index (χ1v) is 31.4. The van der Waals surface area contributed by atoms with E-state index in [2.05, 4.69) is 27.7 Å². The Labute approximate surface area is 431 Å². The number of hydrogen-bond acceptors (Lipinski definition) is 6. The molecule has 410 valence electrons. The molecule has 0 aromatic carbocycles. The van der Waals surface area contributed by atoms with Gasteiger partial charge >= 0.3 is 17.9 Å². The van der Waals surface area contributed by atoms with Crippen molar-refractivity contribution in [3.8, 4) is 0 Å². The van der Waals surface area contributed by atoms with E-state index in [9.17, 15) is 14.4 Å². The summed E-state index contributed by atoms with van der Waals surface area (Å²) in [4.78, 5) is 38.3. The summed E-state index contributed by atoms with van der Waals surface area (Å²) < 4.78 is 16.9. The van der Waals surface area contributed by atoms with Crippen molar-refractivity contribution in [3.63, 3.8) is 0 Å². The number of ether oxygens (including phenoxy) is 3. The molecule has 0 saturated carbocycles. The zero-order valence-electron chi connectivity index (χ0n) is 47.3. The number of carbonyl (C=O) groups excluding carboxylic acids is 3. The van der Waals surface area contributed by atoms with Gasteiger partial charge in [-0.3, -0.25) is 14.4 Å². The van der Waals surface area contributed by atoms with Crippen molar-refractivity contribution in [3.05, 3.63) is 0 Å². The fraction of sp³-hybridized carbons (Fsp3) is 0.952. The summed E-state index contributed by atoms with van der Waals surface area (Å²) >= 11 is 0. The van der Waals surface area contributed by atoms with E-state index in [1.165, 1.54) is 257 Å². The lowest BCUT2D eigenvalue weighted by Crippen LogP contribution is -2.30. The highest BCUT2D eigenvalue weighted by Crippen LogP contribution is 2.19. The largest absolute Gasteiger partial charge is 0.462 e. The van der Waals surface area contributed by atoms with Crippen molar-refractivity contribution in [1.82, 2.24) is 0 Å². The topological polar surface area (TPSA) is 78.9 Å². The van der Waals surface area contributed by atoms with Crippen LogP contribution in [0.25, 0.3) is 0 Å². The number of unbranched alkanes of at least 4 members (excludes halogenated alkanes) is 44. The quantitative estimate of drug-likeness (QED) is 0.0343. The van der Waals surface area contributed by atoms with Crippen LogP contribution in [0.3, 0.4) is 0 Å². The van der Waals surface area contributed by atoms with Crippen molar-refractivity contribution in [2.75, 3.05) is 13.2 Å². The van der Waals surface area contributed by atoms with E-state index in [0.717, 1.165) is 63.7 Å². The van der Waals surface area contributed by atoms with Gasteiger partial charge in [0.25, 0.3) is 0 Å². The first kappa shape index (κ1) is 67.4. The van der Waals surface area contributed by atoms with Crippen LogP contribution in [0.1, 0.15) is 362 Å².